The van der Waals surface area contributed by atoms with E-state index in [4.69, 9.17) is 4.74 Å². The molecule has 0 radical (unpaired) electrons. The number of carbonyl (C=O) groups is 1. The summed E-state index contributed by atoms with van der Waals surface area (Å²) in [6.45, 7) is 11.8. The summed E-state index contributed by atoms with van der Waals surface area (Å²) in [5.74, 6) is -0.258. The van der Waals surface area contributed by atoms with Gasteiger partial charge in [-0.05, 0) is 38.8 Å². The predicted octanol–water partition coefficient (Wildman–Crippen LogP) is 5.87. The molecule has 0 N–H and O–H groups in total. The Labute approximate surface area is 195 Å². The monoisotopic (exact) mass is 447 g/mol. The average Bonchev–Trinajstić information content (AvgIpc) is 3.47. The Balaban J connectivity index is 0.00000149. The fourth-order valence-electron chi connectivity index (χ4n) is 3.57. The second-order valence-corrected chi connectivity index (χ2v) is 8.64. The third-order valence-corrected chi connectivity index (χ3v) is 5.31. The van der Waals surface area contributed by atoms with E-state index in [-0.39, 0.29) is 18.7 Å². The smallest absolute Gasteiger partial charge is 0.312 e. The standard InChI is InChI=1S/C24H27N5O2.C2H6/c1-5-21(17-9-7-6-8-10-17)29-15-18(13-26-29)20-14-25-27-22-19(20)11-12-28(22)16-31-23(30)24(2,3)4;1-2/h6-15,21H,5,16H2,1-4H3;1-2H3. The maximum atomic E-state index is 12.1. The van der Waals surface area contributed by atoms with Crippen molar-refractivity contribution in [2.24, 2.45) is 5.41 Å². The quantitative estimate of drug-likeness (QED) is 0.346. The largest absolute Gasteiger partial charge is 0.443 e. The minimum absolute atomic E-state index is 0.100. The SMILES string of the molecule is CC.CCC(c1ccccc1)n1cc(-c2cnnc3c2ccn3COC(=O)C(C)(C)C)cn1. The van der Waals surface area contributed by atoms with Crippen molar-refractivity contribution in [1.29, 1.82) is 0 Å². The first kappa shape index (κ1) is 24.2. The summed E-state index contributed by atoms with van der Waals surface area (Å²) in [6, 6.07) is 12.5. The van der Waals surface area contributed by atoms with Crippen molar-refractivity contribution < 1.29 is 9.53 Å². The van der Waals surface area contributed by atoms with Crippen molar-refractivity contribution in [3.05, 3.63) is 66.7 Å². The number of aromatic nitrogens is 5. The molecule has 3 aromatic heterocycles. The van der Waals surface area contributed by atoms with E-state index in [1.54, 1.807) is 10.8 Å². The molecule has 33 heavy (non-hydrogen) atoms. The molecule has 0 saturated heterocycles. The first-order chi connectivity index (χ1) is 15.9. The lowest BCUT2D eigenvalue weighted by Crippen LogP contribution is -2.23. The summed E-state index contributed by atoms with van der Waals surface area (Å²) in [6.07, 6.45) is 8.46. The zero-order valence-electron chi connectivity index (χ0n) is 20.3. The van der Waals surface area contributed by atoms with Crippen LogP contribution < -0.4 is 0 Å². The predicted molar refractivity (Wildman–Crippen MR) is 131 cm³/mol. The van der Waals surface area contributed by atoms with Gasteiger partial charge in [0, 0.05) is 28.9 Å². The van der Waals surface area contributed by atoms with E-state index in [2.05, 4.69) is 40.5 Å². The Hall–Kier alpha value is -3.48. The summed E-state index contributed by atoms with van der Waals surface area (Å²) < 4.78 is 9.23. The van der Waals surface area contributed by atoms with Gasteiger partial charge in [-0.3, -0.25) is 14.0 Å². The molecule has 0 aliphatic heterocycles. The first-order valence-electron chi connectivity index (χ1n) is 11.5. The number of benzene rings is 1. The third kappa shape index (κ3) is 5.30. The van der Waals surface area contributed by atoms with Crippen molar-refractivity contribution in [3.8, 4) is 11.1 Å². The van der Waals surface area contributed by atoms with Crippen molar-refractivity contribution >= 4 is 17.0 Å². The van der Waals surface area contributed by atoms with E-state index in [1.807, 2.05) is 76.0 Å². The zero-order valence-corrected chi connectivity index (χ0v) is 20.3. The molecule has 0 aliphatic rings. The molecule has 0 saturated carbocycles. The van der Waals surface area contributed by atoms with E-state index >= 15 is 0 Å². The van der Waals surface area contributed by atoms with Crippen LogP contribution in [0.25, 0.3) is 22.2 Å². The van der Waals surface area contributed by atoms with Crippen LogP contribution in [0.1, 0.15) is 59.6 Å². The number of fused-ring (bicyclic) bond motifs is 1. The van der Waals surface area contributed by atoms with Crippen LogP contribution in [0.5, 0.6) is 0 Å². The summed E-state index contributed by atoms with van der Waals surface area (Å²) in [7, 11) is 0. The van der Waals surface area contributed by atoms with Crippen LogP contribution in [-0.2, 0) is 16.3 Å². The van der Waals surface area contributed by atoms with Crippen LogP contribution >= 0.6 is 0 Å². The topological polar surface area (TPSA) is 74.8 Å². The number of carbonyl (C=O) groups excluding carboxylic acids is 1. The first-order valence-corrected chi connectivity index (χ1v) is 11.5. The molecule has 174 valence electrons. The molecule has 0 amide bonds. The maximum absolute atomic E-state index is 12.1. The van der Waals surface area contributed by atoms with Crippen molar-refractivity contribution in [2.45, 2.75) is 60.7 Å². The summed E-state index contributed by atoms with van der Waals surface area (Å²) in [5, 5.41) is 14.0. The number of hydrogen-bond donors (Lipinski definition) is 0. The average molecular weight is 448 g/mol. The second-order valence-electron chi connectivity index (χ2n) is 8.64. The fraction of sp³-hybridized carbons (Fsp3) is 0.385. The molecule has 1 aromatic carbocycles. The van der Waals surface area contributed by atoms with E-state index in [9.17, 15) is 4.79 Å². The van der Waals surface area contributed by atoms with Gasteiger partial charge in [0.1, 0.15) is 0 Å². The van der Waals surface area contributed by atoms with E-state index in [0.717, 1.165) is 22.9 Å². The van der Waals surface area contributed by atoms with Gasteiger partial charge >= 0.3 is 5.97 Å². The zero-order chi connectivity index (χ0) is 24.0. The molecule has 7 heteroatoms. The fourth-order valence-corrected chi connectivity index (χ4v) is 3.57. The Morgan fingerprint density at radius 2 is 1.82 bits per heavy atom. The molecule has 3 heterocycles. The van der Waals surface area contributed by atoms with Crippen molar-refractivity contribution in [2.75, 3.05) is 0 Å². The Morgan fingerprint density at radius 3 is 2.48 bits per heavy atom. The van der Waals surface area contributed by atoms with Crippen LogP contribution in [0.15, 0.2) is 61.2 Å². The molecule has 1 unspecified atom stereocenters. The van der Waals surface area contributed by atoms with Crippen molar-refractivity contribution in [3.63, 3.8) is 0 Å². The highest BCUT2D eigenvalue weighted by Crippen LogP contribution is 2.29. The lowest BCUT2D eigenvalue weighted by atomic mass is 9.98. The van der Waals surface area contributed by atoms with Crippen LogP contribution in [0.3, 0.4) is 0 Å². The number of hydrogen-bond acceptors (Lipinski definition) is 5. The summed E-state index contributed by atoms with van der Waals surface area (Å²) in [5.41, 5.74) is 3.26. The van der Waals surface area contributed by atoms with Gasteiger partial charge in [-0.15, -0.1) is 5.10 Å². The molecule has 0 bridgehead atoms. The Morgan fingerprint density at radius 1 is 1.09 bits per heavy atom. The van der Waals surface area contributed by atoms with Gasteiger partial charge in [0.25, 0.3) is 0 Å². The van der Waals surface area contributed by atoms with E-state index < -0.39 is 5.41 Å². The van der Waals surface area contributed by atoms with Gasteiger partial charge < -0.3 is 4.74 Å². The van der Waals surface area contributed by atoms with Gasteiger partial charge in [-0.25, -0.2) is 0 Å². The van der Waals surface area contributed by atoms with Gasteiger partial charge in [0.15, 0.2) is 12.4 Å². The molecule has 0 spiro atoms. The summed E-state index contributed by atoms with van der Waals surface area (Å²) in [4.78, 5) is 12.1. The number of nitrogens with zero attached hydrogens (tertiary/aromatic N) is 5. The molecule has 4 rings (SSSR count). The molecule has 1 atom stereocenters. The Bertz CT molecular complexity index is 1190. The second kappa shape index (κ2) is 10.4. The molecule has 0 aliphatic carbocycles. The normalized spacial score (nSPS) is 12.2. The van der Waals surface area contributed by atoms with Gasteiger partial charge in [-0.2, -0.15) is 10.2 Å². The van der Waals surface area contributed by atoms with Gasteiger partial charge in [0.05, 0.1) is 23.9 Å². The minimum atomic E-state index is -0.553. The van der Waals surface area contributed by atoms with Gasteiger partial charge in [-0.1, -0.05) is 51.1 Å². The summed E-state index contributed by atoms with van der Waals surface area (Å²) >= 11 is 0. The molecule has 4 aromatic rings. The molecule has 7 nitrogen and oxygen atoms in total. The number of esters is 1. The third-order valence-electron chi connectivity index (χ3n) is 5.31. The minimum Gasteiger partial charge on any atom is -0.443 e. The lowest BCUT2D eigenvalue weighted by Gasteiger charge is -2.17. The van der Waals surface area contributed by atoms with Crippen LogP contribution in [-0.4, -0.2) is 30.5 Å². The Kier molecular flexibility index (Phi) is 7.63. The highest BCUT2D eigenvalue weighted by molar-refractivity contribution is 5.92. The maximum Gasteiger partial charge on any atom is 0.312 e. The highest BCUT2D eigenvalue weighted by atomic mass is 16.5. The molecular weight excluding hydrogens is 414 g/mol. The van der Waals surface area contributed by atoms with Crippen LogP contribution in [0.2, 0.25) is 0 Å². The molecule has 0 fully saturated rings. The van der Waals surface area contributed by atoms with E-state index in [0.29, 0.717) is 5.65 Å². The van der Waals surface area contributed by atoms with Crippen LogP contribution in [0, 0.1) is 5.41 Å². The van der Waals surface area contributed by atoms with Crippen molar-refractivity contribution in [1.82, 2.24) is 24.5 Å². The number of rotatable bonds is 6. The lowest BCUT2D eigenvalue weighted by molar-refractivity contribution is -0.156. The van der Waals surface area contributed by atoms with E-state index in [1.165, 1.54) is 5.56 Å². The van der Waals surface area contributed by atoms with Gasteiger partial charge in [0.2, 0.25) is 0 Å². The van der Waals surface area contributed by atoms with Crippen LogP contribution in [0.4, 0.5) is 0 Å². The highest BCUT2D eigenvalue weighted by Gasteiger charge is 2.23. The number of ether oxygens (including phenoxy) is 1. The molecular formula is C26H33N5O2.